The lowest BCUT2D eigenvalue weighted by molar-refractivity contribution is -0.158. The van der Waals surface area contributed by atoms with Crippen molar-refractivity contribution in [2.45, 2.75) is 76.0 Å². The van der Waals surface area contributed by atoms with Crippen LogP contribution in [0.25, 0.3) is 0 Å². The van der Waals surface area contributed by atoms with Gasteiger partial charge in [0.15, 0.2) is 0 Å². The van der Waals surface area contributed by atoms with Gasteiger partial charge in [-0.05, 0) is 68.6 Å². The van der Waals surface area contributed by atoms with E-state index in [1.165, 1.54) is 6.42 Å². The van der Waals surface area contributed by atoms with Gasteiger partial charge in [-0.15, -0.1) is 0 Å². The molecule has 6 heteroatoms. The molecule has 2 amide bonds. The smallest absolute Gasteiger partial charge is 0.394 e. The monoisotopic (exact) mass is 378 g/mol. The van der Waals surface area contributed by atoms with E-state index in [2.05, 4.69) is 9.64 Å². The summed E-state index contributed by atoms with van der Waals surface area (Å²) in [5.41, 5.74) is 1.16. The highest BCUT2D eigenvalue weighted by molar-refractivity contribution is 5.76. The van der Waals surface area contributed by atoms with Crippen molar-refractivity contribution in [2.75, 3.05) is 13.1 Å². The molecule has 3 aliphatic rings. The van der Waals surface area contributed by atoms with Gasteiger partial charge >= 0.3 is 12.1 Å². The van der Waals surface area contributed by atoms with Gasteiger partial charge in [0.05, 0.1) is 0 Å². The van der Waals surface area contributed by atoms with Crippen LogP contribution in [0.15, 0.2) is 24.3 Å². The molecule has 1 aromatic rings. The molecule has 3 heterocycles. The van der Waals surface area contributed by atoms with Crippen LogP contribution >= 0.6 is 0 Å². The van der Waals surface area contributed by atoms with E-state index in [1.807, 2.05) is 17.0 Å². The van der Waals surface area contributed by atoms with Gasteiger partial charge in [0.25, 0.3) is 0 Å². The van der Waals surface area contributed by atoms with Gasteiger partial charge in [-0.2, -0.15) is 8.78 Å². The molecule has 3 saturated heterocycles. The molecule has 1 aromatic carbocycles. The van der Waals surface area contributed by atoms with E-state index >= 15 is 0 Å². The van der Waals surface area contributed by atoms with Crippen LogP contribution in [0.5, 0.6) is 5.75 Å². The Hall–Kier alpha value is -1.85. The van der Waals surface area contributed by atoms with Crippen LogP contribution < -0.4 is 4.74 Å². The molecule has 3 aliphatic heterocycles. The number of carbonyl (C=O) groups excluding carboxylic acids is 1. The number of fused-ring (bicyclic) bond motifs is 2. The summed E-state index contributed by atoms with van der Waals surface area (Å²) in [5, 5.41) is 0. The normalized spacial score (nSPS) is 28.3. The molecule has 2 bridgehead atoms. The van der Waals surface area contributed by atoms with Gasteiger partial charge in [-0.3, -0.25) is 0 Å². The lowest BCUT2D eigenvalue weighted by atomic mass is 9.85. The van der Waals surface area contributed by atoms with Crippen molar-refractivity contribution in [3.8, 4) is 5.75 Å². The maximum Gasteiger partial charge on any atom is 0.394 e. The molecule has 3 atom stereocenters. The molecule has 0 aromatic heterocycles. The highest BCUT2D eigenvalue weighted by atomic mass is 19.3. The number of alkyl halides is 2. The van der Waals surface area contributed by atoms with E-state index in [0.717, 1.165) is 64.1 Å². The average Bonchev–Trinajstić information content (AvgIpc) is 2.90. The summed E-state index contributed by atoms with van der Waals surface area (Å²) in [6, 6.07) is 7.88. The van der Waals surface area contributed by atoms with Gasteiger partial charge in [0, 0.05) is 32.1 Å². The van der Waals surface area contributed by atoms with Gasteiger partial charge in [0.2, 0.25) is 0 Å². The third kappa shape index (κ3) is 4.04. The molecule has 0 N–H and O–H groups in total. The third-order valence-electron chi connectivity index (χ3n) is 6.23. The number of nitrogens with zero attached hydrogens (tertiary/aromatic N) is 2. The topological polar surface area (TPSA) is 32.8 Å². The van der Waals surface area contributed by atoms with Crippen LogP contribution in [0.3, 0.4) is 0 Å². The Morgan fingerprint density at radius 3 is 2.19 bits per heavy atom. The first kappa shape index (κ1) is 18.5. The van der Waals surface area contributed by atoms with E-state index in [4.69, 9.17) is 0 Å². The van der Waals surface area contributed by atoms with Crippen LogP contribution in [0.4, 0.5) is 13.6 Å². The Morgan fingerprint density at radius 2 is 1.63 bits per heavy atom. The fraction of sp³-hybridized carbons (Fsp3) is 0.667. The highest BCUT2D eigenvalue weighted by Gasteiger charge is 2.44. The number of benzene rings is 1. The van der Waals surface area contributed by atoms with E-state index in [9.17, 15) is 13.6 Å². The summed E-state index contributed by atoms with van der Waals surface area (Å²) in [5.74, 6) is 0.566. The lowest BCUT2D eigenvalue weighted by Crippen LogP contribution is -2.53. The van der Waals surface area contributed by atoms with Crippen molar-refractivity contribution in [1.82, 2.24) is 9.80 Å². The highest BCUT2D eigenvalue weighted by Crippen LogP contribution is 2.44. The van der Waals surface area contributed by atoms with Gasteiger partial charge in [0.1, 0.15) is 5.75 Å². The maximum atomic E-state index is 13.0. The number of rotatable bonds is 3. The van der Waals surface area contributed by atoms with Gasteiger partial charge in [-0.25, -0.2) is 4.79 Å². The molecule has 4 nitrogen and oxygen atoms in total. The number of hydrogen-bond donors (Lipinski definition) is 0. The zero-order chi connectivity index (χ0) is 19.0. The van der Waals surface area contributed by atoms with E-state index in [-0.39, 0.29) is 11.8 Å². The quantitative estimate of drug-likeness (QED) is 0.742. The summed E-state index contributed by atoms with van der Waals surface area (Å²) < 4.78 is 30.6. The molecule has 148 valence electrons. The van der Waals surface area contributed by atoms with E-state index in [0.29, 0.717) is 18.0 Å². The summed E-state index contributed by atoms with van der Waals surface area (Å²) in [6.07, 6.45) is 4.35. The largest absolute Gasteiger partial charge is 0.433 e. The number of amides is 2. The Kier molecular flexibility index (Phi) is 4.99. The molecule has 0 saturated carbocycles. The number of carbonyl (C=O) groups is 1. The summed E-state index contributed by atoms with van der Waals surface area (Å²) in [7, 11) is 0. The summed E-state index contributed by atoms with van der Waals surface area (Å²) >= 11 is 0. The lowest BCUT2D eigenvalue weighted by Gasteiger charge is -2.42. The summed E-state index contributed by atoms with van der Waals surface area (Å²) in [6.45, 7) is 2.52. The predicted molar refractivity (Wildman–Crippen MR) is 99.1 cm³/mol. The Balaban J connectivity index is 1.41. The molecular formula is C21H28F2N2O2. The first-order valence-corrected chi connectivity index (χ1v) is 10.1. The van der Waals surface area contributed by atoms with Crippen molar-refractivity contribution in [3.05, 3.63) is 29.8 Å². The first-order chi connectivity index (χ1) is 12.9. The molecule has 3 fully saturated rings. The SMILES string of the molecule is CC(F)(F)Oc1ccc([C@H]2C[C@H]3CC[C@@H](C2)N3C(=O)N2CCCCC2)cc1. The first-order valence-electron chi connectivity index (χ1n) is 10.1. The zero-order valence-corrected chi connectivity index (χ0v) is 15.9. The molecule has 27 heavy (non-hydrogen) atoms. The Morgan fingerprint density at radius 1 is 1.04 bits per heavy atom. The van der Waals surface area contributed by atoms with E-state index < -0.39 is 6.11 Å². The van der Waals surface area contributed by atoms with Crippen LogP contribution in [-0.2, 0) is 0 Å². The number of hydrogen-bond acceptors (Lipinski definition) is 2. The van der Waals surface area contributed by atoms with Gasteiger partial charge in [-0.1, -0.05) is 12.1 Å². The molecule has 4 rings (SSSR count). The fourth-order valence-corrected chi connectivity index (χ4v) is 5.02. The Bertz CT molecular complexity index is 654. The second-order valence-corrected chi connectivity index (χ2v) is 8.27. The third-order valence-corrected chi connectivity index (χ3v) is 6.23. The van der Waals surface area contributed by atoms with Gasteiger partial charge < -0.3 is 14.5 Å². The van der Waals surface area contributed by atoms with Crippen LogP contribution in [0.2, 0.25) is 0 Å². The molecule has 0 unspecified atom stereocenters. The van der Waals surface area contributed by atoms with Crippen molar-refractivity contribution in [2.24, 2.45) is 0 Å². The van der Waals surface area contributed by atoms with Crippen molar-refractivity contribution in [1.29, 1.82) is 0 Å². The van der Waals surface area contributed by atoms with Crippen molar-refractivity contribution >= 4 is 6.03 Å². The molecule has 0 spiro atoms. The average molecular weight is 378 g/mol. The second kappa shape index (κ2) is 7.28. The van der Waals surface area contributed by atoms with Crippen molar-refractivity contribution in [3.63, 3.8) is 0 Å². The zero-order valence-electron chi connectivity index (χ0n) is 15.9. The molecule has 0 radical (unpaired) electrons. The van der Waals surface area contributed by atoms with Crippen molar-refractivity contribution < 1.29 is 18.3 Å². The number of ether oxygens (including phenoxy) is 1. The minimum Gasteiger partial charge on any atom is -0.433 e. The number of likely N-dealkylation sites (tertiary alicyclic amines) is 1. The number of halogens is 2. The number of urea groups is 1. The van der Waals surface area contributed by atoms with E-state index in [1.54, 1.807) is 12.1 Å². The molecule has 0 aliphatic carbocycles. The minimum absolute atomic E-state index is 0.187. The minimum atomic E-state index is -3.17. The standard InChI is InChI=1S/C21H28F2N2O2/c1-21(22,23)27-19-9-5-15(6-10-19)16-13-17-7-8-18(14-16)25(17)20(26)24-11-3-2-4-12-24/h5-6,9-10,16-18H,2-4,7-8,11-14H2,1H3/t16-,17+,18-. The second-order valence-electron chi connectivity index (χ2n) is 8.27. The predicted octanol–water partition coefficient (Wildman–Crippen LogP) is 4.99. The molecular weight excluding hydrogens is 350 g/mol. The maximum absolute atomic E-state index is 13.0. The number of piperidine rings is 2. The van der Waals surface area contributed by atoms with Crippen LogP contribution in [0.1, 0.15) is 63.4 Å². The van der Waals surface area contributed by atoms with Crippen LogP contribution in [0, 0.1) is 0 Å². The summed E-state index contributed by atoms with van der Waals surface area (Å²) in [4.78, 5) is 17.2. The fourth-order valence-electron chi connectivity index (χ4n) is 5.02. The Labute approximate surface area is 159 Å². The van der Waals surface area contributed by atoms with Crippen LogP contribution in [-0.4, -0.2) is 47.1 Å².